The molecule has 0 saturated carbocycles. The van der Waals surface area contributed by atoms with E-state index in [0.29, 0.717) is 32.6 Å². The average Bonchev–Trinajstić information content (AvgIpc) is 3.32. The second-order valence-corrected chi connectivity index (χ2v) is 9.53. The van der Waals surface area contributed by atoms with Crippen LogP contribution < -0.4 is 10.6 Å². The second kappa shape index (κ2) is 11.2. The summed E-state index contributed by atoms with van der Waals surface area (Å²) < 4.78 is 5.28. The van der Waals surface area contributed by atoms with Crippen LogP contribution in [0.2, 0.25) is 5.02 Å². The molecular weight excluding hydrogens is 478 g/mol. The van der Waals surface area contributed by atoms with E-state index in [9.17, 15) is 14.9 Å². The summed E-state index contributed by atoms with van der Waals surface area (Å²) in [5.74, 6) is -1.25. The molecule has 33 heavy (non-hydrogen) atoms. The average molecular weight is 500 g/mol. The number of thiophene rings is 1. The fraction of sp³-hybridized carbons (Fsp3) is 0.208. The number of rotatable bonds is 8. The van der Waals surface area contributed by atoms with Crippen LogP contribution in [0.1, 0.15) is 23.3 Å². The molecular formula is C24H22ClN3O3S2. The molecule has 0 bridgehead atoms. The van der Waals surface area contributed by atoms with E-state index in [-0.39, 0.29) is 18.3 Å². The van der Waals surface area contributed by atoms with Crippen molar-refractivity contribution in [3.8, 4) is 6.07 Å². The van der Waals surface area contributed by atoms with Crippen LogP contribution in [0.3, 0.4) is 0 Å². The van der Waals surface area contributed by atoms with Gasteiger partial charge in [-0.05, 0) is 43.0 Å². The van der Waals surface area contributed by atoms with Crippen molar-refractivity contribution in [2.24, 2.45) is 0 Å². The predicted molar refractivity (Wildman–Crippen MR) is 134 cm³/mol. The molecule has 1 unspecified atom stereocenters. The highest BCUT2D eigenvalue weighted by Crippen LogP contribution is 2.42. The van der Waals surface area contributed by atoms with E-state index in [4.69, 9.17) is 16.3 Å². The first-order chi connectivity index (χ1) is 15.8. The SMILES string of the molecule is C=CCOC(=O)C1=C(C)NC(SCC(=O)Nc2ccc(C)c(Cl)c2)=C(C#N)C1c1cccs1. The Morgan fingerprint density at radius 3 is 2.82 bits per heavy atom. The number of nitrogens with zero attached hydrogens (tertiary/aromatic N) is 1. The zero-order valence-corrected chi connectivity index (χ0v) is 20.5. The standard InChI is InChI=1S/C24H22ClN3O3S2/c1-4-9-31-24(30)21-15(3)27-23(17(12-26)22(21)19-6-5-10-32-19)33-13-20(29)28-16-8-7-14(2)18(25)11-16/h4-8,10-11,22,27H,1,9,13H2,2-3H3,(H,28,29). The highest BCUT2D eigenvalue weighted by atomic mass is 35.5. The number of halogens is 1. The highest BCUT2D eigenvalue weighted by Gasteiger charge is 2.36. The van der Waals surface area contributed by atoms with Gasteiger partial charge < -0.3 is 15.4 Å². The molecule has 1 atom stereocenters. The number of thioether (sulfide) groups is 1. The van der Waals surface area contributed by atoms with Crippen molar-refractivity contribution in [1.29, 1.82) is 5.26 Å². The molecule has 2 N–H and O–H groups in total. The van der Waals surface area contributed by atoms with Gasteiger partial charge in [0, 0.05) is 21.3 Å². The second-order valence-electron chi connectivity index (χ2n) is 7.15. The van der Waals surface area contributed by atoms with Crippen molar-refractivity contribution in [3.63, 3.8) is 0 Å². The maximum Gasteiger partial charge on any atom is 0.337 e. The molecule has 1 aliphatic heterocycles. The highest BCUT2D eigenvalue weighted by molar-refractivity contribution is 8.03. The number of aryl methyl sites for hydroxylation is 1. The summed E-state index contributed by atoms with van der Waals surface area (Å²) in [6, 6.07) is 11.3. The Morgan fingerprint density at radius 1 is 1.39 bits per heavy atom. The molecule has 6 nitrogen and oxygen atoms in total. The van der Waals surface area contributed by atoms with Gasteiger partial charge in [0.15, 0.2) is 0 Å². The van der Waals surface area contributed by atoms with E-state index >= 15 is 0 Å². The third kappa shape index (κ3) is 5.88. The van der Waals surface area contributed by atoms with Gasteiger partial charge in [-0.25, -0.2) is 4.79 Å². The molecule has 1 aromatic heterocycles. The quantitative estimate of drug-likeness (QED) is 0.367. The third-order valence-electron chi connectivity index (χ3n) is 4.83. The van der Waals surface area contributed by atoms with Crippen LogP contribution in [0.5, 0.6) is 0 Å². The molecule has 0 aliphatic carbocycles. The Hall–Kier alpha value is -2.99. The van der Waals surface area contributed by atoms with Crippen LogP contribution in [0.25, 0.3) is 0 Å². The summed E-state index contributed by atoms with van der Waals surface area (Å²) >= 11 is 8.78. The molecule has 170 valence electrons. The predicted octanol–water partition coefficient (Wildman–Crippen LogP) is 5.51. The molecule has 0 spiro atoms. The first-order valence-corrected chi connectivity index (χ1v) is 12.2. The van der Waals surface area contributed by atoms with Crippen molar-refractivity contribution < 1.29 is 14.3 Å². The van der Waals surface area contributed by atoms with Crippen LogP contribution in [0.4, 0.5) is 5.69 Å². The molecule has 2 aromatic rings. The van der Waals surface area contributed by atoms with Crippen LogP contribution >= 0.6 is 34.7 Å². The monoisotopic (exact) mass is 499 g/mol. The Labute approximate surface area is 206 Å². The van der Waals surface area contributed by atoms with Gasteiger partial charge in [-0.2, -0.15) is 5.26 Å². The first kappa shape index (κ1) is 24.6. The summed E-state index contributed by atoms with van der Waals surface area (Å²) in [5, 5.41) is 18.9. The number of esters is 1. The summed E-state index contributed by atoms with van der Waals surface area (Å²) in [6.45, 7) is 7.29. The number of nitriles is 1. The number of benzene rings is 1. The number of anilines is 1. The van der Waals surface area contributed by atoms with Gasteiger partial charge in [0.2, 0.25) is 5.91 Å². The lowest BCUT2D eigenvalue weighted by Gasteiger charge is -2.28. The topological polar surface area (TPSA) is 91.2 Å². The number of allylic oxidation sites excluding steroid dienone is 2. The van der Waals surface area contributed by atoms with E-state index in [1.165, 1.54) is 29.2 Å². The number of nitrogens with one attached hydrogen (secondary N) is 2. The van der Waals surface area contributed by atoms with Crippen LogP contribution in [0, 0.1) is 18.3 Å². The molecule has 1 amide bonds. The van der Waals surface area contributed by atoms with Gasteiger partial charge in [0.1, 0.15) is 6.61 Å². The molecule has 9 heteroatoms. The zero-order valence-electron chi connectivity index (χ0n) is 18.1. The fourth-order valence-corrected chi connectivity index (χ4v) is 5.17. The smallest absolute Gasteiger partial charge is 0.337 e. The van der Waals surface area contributed by atoms with E-state index in [0.717, 1.165) is 10.4 Å². The first-order valence-electron chi connectivity index (χ1n) is 9.98. The molecule has 0 radical (unpaired) electrons. The number of amides is 1. The van der Waals surface area contributed by atoms with Gasteiger partial charge in [0.05, 0.1) is 33.9 Å². The van der Waals surface area contributed by atoms with E-state index in [1.54, 1.807) is 19.1 Å². The van der Waals surface area contributed by atoms with E-state index in [2.05, 4.69) is 23.3 Å². The molecule has 1 aliphatic rings. The summed E-state index contributed by atoms with van der Waals surface area (Å²) in [5.41, 5.74) is 2.84. The van der Waals surface area contributed by atoms with Crippen molar-refractivity contribution in [2.45, 2.75) is 19.8 Å². The van der Waals surface area contributed by atoms with Crippen LogP contribution in [-0.2, 0) is 14.3 Å². The Bertz CT molecular complexity index is 1180. The molecule has 1 aromatic carbocycles. The normalized spacial score (nSPS) is 15.5. The third-order valence-corrected chi connectivity index (χ3v) is 7.19. The summed E-state index contributed by atoms with van der Waals surface area (Å²) in [4.78, 5) is 26.2. The van der Waals surface area contributed by atoms with E-state index < -0.39 is 11.9 Å². The lowest BCUT2D eigenvalue weighted by molar-refractivity contribution is -0.138. The lowest BCUT2D eigenvalue weighted by atomic mass is 9.87. The number of carbonyl (C=O) groups excluding carboxylic acids is 2. The molecule has 2 heterocycles. The van der Waals surface area contributed by atoms with Crippen molar-refractivity contribution >= 4 is 52.3 Å². The molecule has 0 saturated heterocycles. The Morgan fingerprint density at radius 2 is 2.18 bits per heavy atom. The summed E-state index contributed by atoms with van der Waals surface area (Å²) in [7, 11) is 0. The maximum absolute atomic E-state index is 12.8. The van der Waals surface area contributed by atoms with E-state index in [1.807, 2.05) is 30.5 Å². The van der Waals surface area contributed by atoms with Crippen molar-refractivity contribution in [3.05, 3.63) is 85.7 Å². The van der Waals surface area contributed by atoms with Crippen LogP contribution in [0.15, 0.2) is 70.2 Å². The summed E-state index contributed by atoms with van der Waals surface area (Å²) in [6.07, 6.45) is 1.49. The van der Waals surface area contributed by atoms with Gasteiger partial charge in [-0.3, -0.25) is 4.79 Å². The van der Waals surface area contributed by atoms with Crippen LogP contribution in [-0.4, -0.2) is 24.2 Å². The van der Waals surface area contributed by atoms with Gasteiger partial charge in [-0.1, -0.05) is 48.2 Å². The molecule has 0 fully saturated rings. The van der Waals surface area contributed by atoms with Crippen molar-refractivity contribution in [2.75, 3.05) is 17.7 Å². The number of hydrogen-bond donors (Lipinski definition) is 2. The maximum atomic E-state index is 12.8. The zero-order chi connectivity index (χ0) is 24.0. The minimum Gasteiger partial charge on any atom is -0.458 e. The van der Waals surface area contributed by atoms with Crippen molar-refractivity contribution in [1.82, 2.24) is 5.32 Å². The molecule has 3 rings (SSSR count). The fourth-order valence-electron chi connectivity index (χ4n) is 3.25. The number of dihydropyridines is 1. The number of hydrogen-bond acceptors (Lipinski definition) is 7. The number of carbonyl (C=O) groups is 2. The van der Waals surface area contributed by atoms with Gasteiger partial charge in [-0.15, -0.1) is 11.3 Å². The largest absolute Gasteiger partial charge is 0.458 e. The minimum atomic E-state index is -0.574. The lowest BCUT2D eigenvalue weighted by Crippen LogP contribution is -2.29. The minimum absolute atomic E-state index is 0.0691. The number of ether oxygens (including phenoxy) is 1. The van der Waals surface area contributed by atoms with Gasteiger partial charge in [0.25, 0.3) is 0 Å². The Balaban J connectivity index is 1.83. The Kier molecular flexibility index (Phi) is 8.39. The van der Waals surface area contributed by atoms with Gasteiger partial charge >= 0.3 is 5.97 Å².